The molecule has 0 radical (unpaired) electrons. The molecule has 30 heavy (non-hydrogen) atoms. The van der Waals surface area contributed by atoms with Gasteiger partial charge in [0.1, 0.15) is 17.3 Å². The molecular weight excluding hydrogens is 392 g/mol. The Bertz CT molecular complexity index is 942. The molecular formula is C22H24O8. The Labute approximate surface area is 174 Å². The second-order valence-corrected chi connectivity index (χ2v) is 6.90. The number of carbonyl (C=O) groups is 2. The molecule has 2 aromatic carbocycles. The van der Waals surface area contributed by atoms with Crippen molar-refractivity contribution in [2.75, 3.05) is 28.1 Å². The SMILES string of the molecule is COc1cc(C(c2cc3c(cc2O)OCO3)C(C(C)=O)C(C)=O)cc(OC)c1OC. The molecule has 0 fully saturated rings. The van der Waals surface area contributed by atoms with Gasteiger partial charge in [-0.1, -0.05) is 0 Å². The Hall–Kier alpha value is -3.42. The molecule has 0 spiro atoms. The number of benzene rings is 2. The van der Waals surface area contributed by atoms with E-state index in [1.54, 1.807) is 18.2 Å². The van der Waals surface area contributed by atoms with Crippen LogP contribution in [0.25, 0.3) is 0 Å². The van der Waals surface area contributed by atoms with Crippen LogP contribution in [0.4, 0.5) is 0 Å². The summed E-state index contributed by atoms with van der Waals surface area (Å²) < 4.78 is 27.0. The molecule has 2 aromatic rings. The highest BCUT2D eigenvalue weighted by Crippen LogP contribution is 2.48. The molecule has 3 rings (SSSR count). The van der Waals surface area contributed by atoms with E-state index in [0.717, 1.165) is 0 Å². The van der Waals surface area contributed by atoms with Crippen molar-refractivity contribution in [3.8, 4) is 34.5 Å². The van der Waals surface area contributed by atoms with Gasteiger partial charge < -0.3 is 28.8 Å². The van der Waals surface area contributed by atoms with Gasteiger partial charge in [-0.2, -0.15) is 0 Å². The lowest BCUT2D eigenvalue weighted by Crippen LogP contribution is -2.28. The minimum absolute atomic E-state index is 0.0237. The van der Waals surface area contributed by atoms with Crippen molar-refractivity contribution in [2.45, 2.75) is 19.8 Å². The molecule has 1 unspecified atom stereocenters. The number of hydrogen-bond acceptors (Lipinski definition) is 8. The summed E-state index contributed by atoms with van der Waals surface area (Å²) in [6.45, 7) is 2.72. The van der Waals surface area contributed by atoms with Crippen LogP contribution >= 0.6 is 0 Å². The van der Waals surface area contributed by atoms with E-state index >= 15 is 0 Å². The van der Waals surface area contributed by atoms with Crippen LogP contribution in [0.15, 0.2) is 24.3 Å². The highest BCUT2D eigenvalue weighted by molar-refractivity contribution is 6.02. The smallest absolute Gasteiger partial charge is 0.231 e. The van der Waals surface area contributed by atoms with E-state index in [1.807, 2.05) is 0 Å². The molecule has 0 bridgehead atoms. The zero-order valence-corrected chi connectivity index (χ0v) is 17.5. The van der Waals surface area contributed by atoms with Gasteiger partial charge in [-0.05, 0) is 37.6 Å². The Morgan fingerprint density at radius 3 is 1.90 bits per heavy atom. The van der Waals surface area contributed by atoms with Crippen molar-refractivity contribution in [3.05, 3.63) is 35.4 Å². The average Bonchev–Trinajstić information content (AvgIpc) is 3.16. The molecule has 0 saturated heterocycles. The molecule has 0 aliphatic carbocycles. The second kappa shape index (κ2) is 8.52. The third-order valence-electron chi connectivity index (χ3n) is 5.11. The molecule has 0 amide bonds. The van der Waals surface area contributed by atoms with Crippen molar-refractivity contribution in [1.29, 1.82) is 0 Å². The highest BCUT2D eigenvalue weighted by Gasteiger charge is 2.36. The Balaban J connectivity index is 2.29. The number of ether oxygens (including phenoxy) is 5. The van der Waals surface area contributed by atoms with E-state index in [-0.39, 0.29) is 24.1 Å². The van der Waals surface area contributed by atoms with E-state index < -0.39 is 11.8 Å². The maximum absolute atomic E-state index is 12.5. The number of ketones is 2. The number of fused-ring (bicyclic) bond motifs is 1. The van der Waals surface area contributed by atoms with Crippen LogP contribution in [0, 0.1) is 5.92 Å². The quantitative estimate of drug-likeness (QED) is 0.656. The summed E-state index contributed by atoms with van der Waals surface area (Å²) in [6.07, 6.45) is 0. The average molecular weight is 416 g/mol. The summed E-state index contributed by atoms with van der Waals surface area (Å²) in [6, 6.07) is 6.33. The fourth-order valence-electron chi connectivity index (χ4n) is 3.78. The predicted molar refractivity (Wildman–Crippen MR) is 107 cm³/mol. The van der Waals surface area contributed by atoms with Gasteiger partial charge in [0.25, 0.3) is 0 Å². The van der Waals surface area contributed by atoms with Crippen molar-refractivity contribution < 1.29 is 38.4 Å². The zero-order chi connectivity index (χ0) is 22.0. The number of hydrogen-bond donors (Lipinski definition) is 1. The molecule has 1 aliphatic rings. The minimum atomic E-state index is -1.04. The highest BCUT2D eigenvalue weighted by atomic mass is 16.7. The van der Waals surface area contributed by atoms with Gasteiger partial charge >= 0.3 is 0 Å². The minimum Gasteiger partial charge on any atom is -0.508 e. The molecule has 1 heterocycles. The summed E-state index contributed by atoms with van der Waals surface area (Å²) in [4.78, 5) is 25.0. The van der Waals surface area contributed by atoms with Crippen LogP contribution in [-0.2, 0) is 9.59 Å². The Kier molecular flexibility index (Phi) is 6.05. The number of aromatic hydroxyl groups is 1. The van der Waals surface area contributed by atoms with Crippen molar-refractivity contribution >= 4 is 11.6 Å². The molecule has 0 saturated carbocycles. The fraction of sp³-hybridized carbons (Fsp3) is 0.364. The number of Topliss-reactive ketones (excluding diaryl/α,β-unsaturated/α-hetero) is 2. The number of phenols is 1. The first-order chi connectivity index (χ1) is 14.3. The van der Waals surface area contributed by atoms with E-state index in [9.17, 15) is 14.7 Å². The molecule has 8 nitrogen and oxygen atoms in total. The van der Waals surface area contributed by atoms with Crippen LogP contribution in [0.3, 0.4) is 0 Å². The lowest BCUT2D eigenvalue weighted by Gasteiger charge is -2.26. The van der Waals surface area contributed by atoms with Crippen LogP contribution in [0.5, 0.6) is 34.5 Å². The first kappa shape index (κ1) is 21.3. The van der Waals surface area contributed by atoms with Crippen LogP contribution in [0.2, 0.25) is 0 Å². The maximum atomic E-state index is 12.5. The van der Waals surface area contributed by atoms with Gasteiger partial charge in [-0.15, -0.1) is 0 Å². The number of phenolic OH excluding ortho intramolecular Hbond substituents is 1. The molecule has 1 N–H and O–H groups in total. The summed E-state index contributed by atoms with van der Waals surface area (Å²) >= 11 is 0. The summed E-state index contributed by atoms with van der Waals surface area (Å²) in [5.74, 6) is -0.733. The lowest BCUT2D eigenvalue weighted by molar-refractivity contribution is -0.130. The number of methoxy groups -OCH3 is 3. The fourth-order valence-corrected chi connectivity index (χ4v) is 3.78. The molecule has 0 aromatic heterocycles. The second-order valence-electron chi connectivity index (χ2n) is 6.90. The molecule has 1 atom stereocenters. The molecule has 1 aliphatic heterocycles. The van der Waals surface area contributed by atoms with E-state index in [4.69, 9.17) is 23.7 Å². The number of carbonyl (C=O) groups excluding carboxylic acids is 2. The van der Waals surface area contributed by atoms with Gasteiger partial charge in [0.05, 0.1) is 27.2 Å². The van der Waals surface area contributed by atoms with Crippen LogP contribution in [0.1, 0.15) is 30.9 Å². The third kappa shape index (κ3) is 3.72. The van der Waals surface area contributed by atoms with Crippen LogP contribution in [-0.4, -0.2) is 44.8 Å². The molecule has 8 heteroatoms. The van der Waals surface area contributed by atoms with E-state index in [0.29, 0.717) is 39.9 Å². The normalized spacial score (nSPS) is 13.1. The largest absolute Gasteiger partial charge is 0.508 e. The van der Waals surface area contributed by atoms with E-state index in [1.165, 1.54) is 41.2 Å². The predicted octanol–water partition coefficient (Wildman–Crippen LogP) is 3.07. The zero-order valence-electron chi connectivity index (χ0n) is 17.5. The number of rotatable bonds is 8. The van der Waals surface area contributed by atoms with Gasteiger partial charge in [0, 0.05) is 17.5 Å². The van der Waals surface area contributed by atoms with Gasteiger partial charge in [0.2, 0.25) is 12.5 Å². The van der Waals surface area contributed by atoms with Crippen molar-refractivity contribution in [3.63, 3.8) is 0 Å². The Morgan fingerprint density at radius 1 is 0.900 bits per heavy atom. The molecule has 160 valence electrons. The lowest BCUT2D eigenvalue weighted by atomic mass is 9.76. The van der Waals surface area contributed by atoms with Gasteiger partial charge in [0.15, 0.2) is 23.0 Å². The van der Waals surface area contributed by atoms with Crippen molar-refractivity contribution in [1.82, 2.24) is 0 Å². The Morgan fingerprint density at radius 2 is 1.43 bits per heavy atom. The van der Waals surface area contributed by atoms with Gasteiger partial charge in [-0.3, -0.25) is 9.59 Å². The maximum Gasteiger partial charge on any atom is 0.231 e. The standard InChI is InChI=1S/C22H24O8/c1-11(23)20(12(2)24)21(14-8-16-17(9-15(14)25)30-10-29-16)13-6-18(26-3)22(28-5)19(7-13)27-4/h6-9,20-21,25H,10H2,1-5H3. The summed E-state index contributed by atoms with van der Waals surface area (Å²) in [5.41, 5.74) is 0.887. The van der Waals surface area contributed by atoms with Gasteiger partial charge in [-0.25, -0.2) is 0 Å². The third-order valence-corrected chi connectivity index (χ3v) is 5.11. The van der Waals surface area contributed by atoms with Crippen LogP contribution < -0.4 is 23.7 Å². The monoisotopic (exact) mass is 416 g/mol. The van der Waals surface area contributed by atoms with E-state index in [2.05, 4.69) is 0 Å². The topological polar surface area (TPSA) is 101 Å². The summed E-state index contributed by atoms with van der Waals surface area (Å²) in [7, 11) is 4.43. The first-order valence-corrected chi connectivity index (χ1v) is 9.25. The summed E-state index contributed by atoms with van der Waals surface area (Å²) in [5, 5.41) is 10.7. The van der Waals surface area contributed by atoms with Crippen molar-refractivity contribution in [2.24, 2.45) is 5.92 Å². The first-order valence-electron chi connectivity index (χ1n) is 9.25.